The minimum absolute atomic E-state index is 0.100. The monoisotopic (exact) mass is 285 g/mol. The fourth-order valence-corrected chi connectivity index (χ4v) is 1.92. The Bertz CT molecular complexity index is 599. The highest BCUT2D eigenvalue weighted by atomic mass is 19.4. The first-order chi connectivity index (χ1) is 9.18. The number of benzene rings is 1. The van der Waals surface area contributed by atoms with Crippen LogP contribution in [0.2, 0.25) is 0 Å². The second-order valence-electron chi connectivity index (χ2n) is 5.14. The highest BCUT2D eigenvalue weighted by Gasteiger charge is 2.34. The molecule has 0 atom stereocenters. The second kappa shape index (κ2) is 4.90. The zero-order valence-corrected chi connectivity index (χ0v) is 11.0. The van der Waals surface area contributed by atoms with Crippen LogP contribution in [0.3, 0.4) is 0 Å². The lowest BCUT2D eigenvalue weighted by Gasteiger charge is -2.18. The SMILES string of the molecule is CC(C)(O)Cc1cnnn1-c1ccccc1C(F)(F)F. The van der Waals surface area contributed by atoms with Crippen LogP contribution in [-0.2, 0) is 12.6 Å². The third-order valence-corrected chi connectivity index (χ3v) is 2.67. The molecule has 0 aliphatic heterocycles. The van der Waals surface area contributed by atoms with E-state index in [0.717, 1.165) is 10.7 Å². The Morgan fingerprint density at radius 3 is 2.45 bits per heavy atom. The Hall–Kier alpha value is -1.89. The molecule has 0 saturated heterocycles. The van der Waals surface area contributed by atoms with E-state index in [4.69, 9.17) is 0 Å². The molecule has 2 aromatic rings. The van der Waals surface area contributed by atoms with Crippen molar-refractivity contribution in [3.05, 3.63) is 41.7 Å². The van der Waals surface area contributed by atoms with E-state index in [-0.39, 0.29) is 12.1 Å². The minimum Gasteiger partial charge on any atom is -0.390 e. The van der Waals surface area contributed by atoms with Crippen LogP contribution in [0.5, 0.6) is 0 Å². The molecule has 4 nitrogen and oxygen atoms in total. The summed E-state index contributed by atoms with van der Waals surface area (Å²) in [7, 11) is 0. The van der Waals surface area contributed by atoms with Gasteiger partial charge in [0.1, 0.15) is 0 Å². The lowest BCUT2D eigenvalue weighted by Crippen LogP contribution is -2.24. The van der Waals surface area contributed by atoms with Gasteiger partial charge in [-0.3, -0.25) is 0 Å². The summed E-state index contributed by atoms with van der Waals surface area (Å²) in [5.41, 5.74) is -1.54. The van der Waals surface area contributed by atoms with E-state index in [9.17, 15) is 18.3 Å². The van der Waals surface area contributed by atoms with Crippen LogP contribution in [0.1, 0.15) is 25.1 Å². The first kappa shape index (κ1) is 14.5. The van der Waals surface area contributed by atoms with Crippen molar-refractivity contribution in [1.82, 2.24) is 15.0 Å². The van der Waals surface area contributed by atoms with Gasteiger partial charge in [0.05, 0.1) is 28.7 Å². The standard InChI is InChI=1S/C13H14F3N3O/c1-12(2,20)7-9-8-17-18-19(9)11-6-4-3-5-10(11)13(14,15)16/h3-6,8,20H,7H2,1-2H3. The molecule has 0 fully saturated rings. The van der Waals surface area contributed by atoms with Gasteiger partial charge in [-0.25, -0.2) is 4.68 Å². The molecule has 0 aliphatic rings. The molecule has 0 radical (unpaired) electrons. The number of para-hydroxylation sites is 1. The number of aliphatic hydroxyl groups is 1. The van der Waals surface area contributed by atoms with E-state index < -0.39 is 17.3 Å². The zero-order chi connectivity index (χ0) is 15.0. The van der Waals surface area contributed by atoms with E-state index >= 15 is 0 Å². The van der Waals surface area contributed by atoms with Crippen molar-refractivity contribution in [3.63, 3.8) is 0 Å². The number of halogens is 3. The van der Waals surface area contributed by atoms with Gasteiger partial charge in [0.2, 0.25) is 0 Å². The predicted molar refractivity (Wildman–Crippen MR) is 66.4 cm³/mol. The average Bonchev–Trinajstić information content (AvgIpc) is 2.73. The van der Waals surface area contributed by atoms with Gasteiger partial charge in [-0.1, -0.05) is 17.3 Å². The number of rotatable bonds is 3. The summed E-state index contributed by atoms with van der Waals surface area (Å²) in [6, 6.07) is 5.13. The number of nitrogens with zero attached hydrogens (tertiary/aromatic N) is 3. The van der Waals surface area contributed by atoms with Crippen molar-refractivity contribution in [2.45, 2.75) is 32.0 Å². The Balaban J connectivity index is 2.51. The summed E-state index contributed by atoms with van der Waals surface area (Å²) >= 11 is 0. The highest BCUT2D eigenvalue weighted by molar-refractivity contribution is 5.43. The first-order valence-corrected chi connectivity index (χ1v) is 5.97. The molecule has 1 N–H and O–H groups in total. The lowest BCUT2D eigenvalue weighted by molar-refractivity contribution is -0.137. The Morgan fingerprint density at radius 1 is 1.20 bits per heavy atom. The average molecular weight is 285 g/mol. The first-order valence-electron chi connectivity index (χ1n) is 5.97. The van der Waals surface area contributed by atoms with Crippen molar-refractivity contribution in [3.8, 4) is 5.69 Å². The normalized spacial score (nSPS) is 12.7. The molecule has 0 saturated carbocycles. The van der Waals surface area contributed by atoms with Gasteiger partial charge in [0.15, 0.2) is 0 Å². The topological polar surface area (TPSA) is 50.9 Å². The van der Waals surface area contributed by atoms with Crippen LogP contribution in [-0.4, -0.2) is 25.7 Å². The summed E-state index contributed by atoms with van der Waals surface area (Å²) < 4.78 is 40.1. The summed E-state index contributed by atoms with van der Waals surface area (Å²) in [5, 5.41) is 17.1. The number of hydrogen-bond acceptors (Lipinski definition) is 3. The van der Waals surface area contributed by atoms with Gasteiger partial charge in [-0.05, 0) is 26.0 Å². The van der Waals surface area contributed by atoms with E-state index in [1.807, 2.05) is 0 Å². The maximum atomic E-state index is 13.0. The van der Waals surface area contributed by atoms with Crippen molar-refractivity contribution in [2.24, 2.45) is 0 Å². The fraction of sp³-hybridized carbons (Fsp3) is 0.385. The second-order valence-corrected chi connectivity index (χ2v) is 5.14. The quantitative estimate of drug-likeness (QED) is 0.943. The van der Waals surface area contributed by atoms with Crippen LogP contribution in [0.4, 0.5) is 13.2 Å². The van der Waals surface area contributed by atoms with Crippen LogP contribution in [0, 0.1) is 0 Å². The van der Waals surface area contributed by atoms with Crippen LogP contribution < -0.4 is 0 Å². The zero-order valence-electron chi connectivity index (χ0n) is 11.0. The van der Waals surface area contributed by atoms with Gasteiger partial charge in [0, 0.05) is 6.42 Å². The largest absolute Gasteiger partial charge is 0.418 e. The van der Waals surface area contributed by atoms with Gasteiger partial charge < -0.3 is 5.11 Å². The number of aromatic nitrogens is 3. The third kappa shape index (κ3) is 3.16. The van der Waals surface area contributed by atoms with Crippen molar-refractivity contribution in [2.75, 3.05) is 0 Å². The maximum absolute atomic E-state index is 13.0. The summed E-state index contributed by atoms with van der Waals surface area (Å²) in [6.07, 6.45) is -2.98. The third-order valence-electron chi connectivity index (χ3n) is 2.67. The molecule has 2 rings (SSSR count). The minimum atomic E-state index is -4.48. The van der Waals surface area contributed by atoms with Gasteiger partial charge >= 0.3 is 6.18 Å². The van der Waals surface area contributed by atoms with E-state index in [1.54, 1.807) is 13.8 Å². The fourth-order valence-electron chi connectivity index (χ4n) is 1.92. The molecule has 0 amide bonds. The molecule has 0 unspecified atom stereocenters. The van der Waals surface area contributed by atoms with E-state index in [2.05, 4.69) is 10.3 Å². The van der Waals surface area contributed by atoms with Crippen LogP contribution in [0.15, 0.2) is 30.5 Å². The van der Waals surface area contributed by atoms with Crippen LogP contribution in [0.25, 0.3) is 5.69 Å². The molecule has 20 heavy (non-hydrogen) atoms. The maximum Gasteiger partial charge on any atom is 0.418 e. The molecule has 1 aromatic carbocycles. The van der Waals surface area contributed by atoms with E-state index in [1.165, 1.54) is 24.4 Å². The van der Waals surface area contributed by atoms with Crippen molar-refractivity contribution >= 4 is 0 Å². The molecular weight excluding hydrogens is 271 g/mol. The summed E-state index contributed by atoms with van der Waals surface area (Å²) in [6.45, 7) is 3.14. The van der Waals surface area contributed by atoms with Crippen molar-refractivity contribution < 1.29 is 18.3 Å². The Morgan fingerprint density at radius 2 is 1.85 bits per heavy atom. The van der Waals surface area contributed by atoms with E-state index in [0.29, 0.717) is 5.69 Å². The molecule has 108 valence electrons. The molecular formula is C13H14F3N3O. The van der Waals surface area contributed by atoms with Crippen molar-refractivity contribution in [1.29, 1.82) is 0 Å². The molecule has 0 aliphatic carbocycles. The van der Waals surface area contributed by atoms with Gasteiger partial charge in [0.25, 0.3) is 0 Å². The van der Waals surface area contributed by atoms with Crippen LogP contribution >= 0.6 is 0 Å². The smallest absolute Gasteiger partial charge is 0.390 e. The summed E-state index contributed by atoms with van der Waals surface area (Å²) in [4.78, 5) is 0. The molecule has 7 heteroatoms. The van der Waals surface area contributed by atoms with Gasteiger partial charge in [-0.2, -0.15) is 13.2 Å². The predicted octanol–water partition coefficient (Wildman–Crippen LogP) is 2.60. The molecule has 1 heterocycles. The lowest BCUT2D eigenvalue weighted by atomic mass is 10.0. The summed E-state index contributed by atoms with van der Waals surface area (Å²) in [5.74, 6) is 0. The van der Waals surface area contributed by atoms with Gasteiger partial charge in [-0.15, -0.1) is 5.10 Å². The molecule has 0 spiro atoms. The molecule has 0 bridgehead atoms. The number of hydrogen-bond donors (Lipinski definition) is 1. The Kier molecular flexibility index (Phi) is 3.56. The number of alkyl halides is 3. The highest BCUT2D eigenvalue weighted by Crippen LogP contribution is 2.33. The molecule has 1 aromatic heterocycles. The Labute approximate surface area is 113 Å².